The van der Waals surface area contributed by atoms with Gasteiger partial charge in [0.1, 0.15) is 5.75 Å². The molecule has 0 spiro atoms. The molecule has 2 amide bonds. The Labute approximate surface area is 148 Å². The number of benzene rings is 2. The lowest BCUT2D eigenvalue weighted by atomic mass is 10.0. The van der Waals surface area contributed by atoms with Crippen molar-refractivity contribution in [2.24, 2.45) is 5.73 Å². The molecule has 0 unspecified atom stereocenters. The van der Waals surface area contributed by atoms with Gasteiger partial charge in [-0.15, -0.1) is 0 Å². The van der Waals surface area contributed by atoms with Crippen LogP contribution in [0.3, 0.4) is 0 Å². The number of aromatic hydroxyl groups is 1. The molecule has 0 saturated carbocycles. The van der Waals surface area contributed by atoms with E-state index in [-0.39, 0.29) is 11.7 Å². The van der Waals surface area contributed by atoms with E-state index in [0.29, 0.717) is 36.9 Å². The first-order chi connectivity index (χ1) is 10.9. The van der Waals surface area contributed by atoms with Crippen molar-refractivity contribution in [3.63, 3.8) is 0 Å². The topological polar surface area (TPSA) is 92.4 Å². The lowest BCUT2D eigenvalue weighted by Crippen LogP contribution is -2.10. The fourth-order valence-electron chi connectivity index (χ4n) is 2.32. The third kappa shape index (κ3) is 2.89. The Kier molecular flexibility index (Phi) is 3.99. The summed E-state index contributed by atoms with van der Waals surface area (Å²) in [7, 11) is 0. The first-order valence-corrected chi connectivity index (χ1v) is 8.10. The molecule has 0 aliphatic carbocycles. The van der Waals surface area contributed by atoms with E-state index in [2.05, 4.69) is 37.2 Å². The standard InChI is InChI=1S/C16H10Br2N2O3/c17-11-4-7(5-12(18)14(11)21)3-10-9-6-8(15(19)22)1-2-13(9)20-16(10)23/h1-6,21H,(H2,19,22)(H,20,23). The molecule has 5 nitrogen and oxygen atoms in total. The monoisotopic (exact) mass is 436 g/mol. The van der Waals surface area contributed by atoms with Crippen molar-refractivity contribution in [3.05, 3.63) is 56.0 Å². The summed E-state index contributed by atoms with van der Waals surface area (Å²) in [6, 6.07) is 8.19. The zero-order valence-electron chi connectivity index (χ0n) is 11.6. The summed E-state index contributed by atoms with van der Waals surface area (Å²) >= 11 is 6.51. The van der Waals surface area contributed by atoms with Gasteiger partial charge in [0.25, 0.3) is 5.91 Å². The van der Waals surface area contributed by atoms with E-state index in [9.17, 15) is 14.7 Å². The van der Waals surface area contributed by atoms with Gasteiger partial charge in [-0.1, -0.05) is 0 Å². The van der Waals surface area contributed by atoms with Crippen LogP contribution in [0.4, 0.5) is 5.69 Å². The number of hydrogen-bond donors (Lipinski definition) is 3. The quantitative estimate of drug-likeness (QED) is 0.627. The molecule has 0 radical (unpaired) electrons. The Hall–Kier alpha value is -2.12. The number of fused-ring (bicyclic) bond motifs is 1. The molecule has 0 fully saturated rings. The number of rotatable bonds is 2. The molecule has 2 aromatic carbocycles. The second kappa shape index (κ2) is 5.82. The van der Waals surface area contributed by atoms with Gasteiger partial charge in [0.15, 0.2) is 0 Å². The first-order valence-electron chi connectivity index (χ1n) is 6.52. The van der Waals surface area contributed by atoms with E-state index in [0.717, 1.165) is 0 Å². The van der Waals surface area contributed by atoms with Gasteiger partial charge >= 0.3 is 0 Å². The largest absolute Gasteiger partial charge is 0.506 e. The van der Waals surface area contributed by atoms with Gasteiger partial charge in [-0.05, 0) is 73.8 Å². The number of primary amides is 1. The lowest BCUT2D eigenvalue weighted by molar-refractivity contribution is -0.110. The second-order valence-corrected chi connectivity index (χ2v) is 6.68. The van der Waals surface area contributed by atoms with E-state index in [1.165, 1.54) is 0 Å². The fraction of sp³-hybridized carbons (Fsp3) is 0. The number of carbonyl (C=O) groups excluding carboxylic acids is 2. The van der Waals surface area contributed by atoms with Gasteiger partial charge in [-0.25, -0.2) is 0 Å². The van der Waals surface area contributed by atoms with Gasteiger partial charge in [0, 0.05) is 22.4 Å². The van der Waals surface area contributed by atoms with E-state index in [1.54, 1.807) is 36.4 Å². The van der Waals surface area contributed by atoms with Crippen molar-refractivity contribution >= 4 is 61.0 Å². The van der Waals surface area contributed by atoms with Crippen molar-refractivity contribution in [1.29, 1.82) is 0 Å². The molecular weight excluding hydrogens is 428 g/mol. The Balaban J connectivity index is 2.13. The molecule has 0 saturated heterocycles. The van der Waals surface area contributed by atoms with Crippen LogP contribution in [0.15, 0.2) is 39.3 Å². The summed E-state index contributed by atoms with van der Waals surface area (Å²) in [5.74, 6) is -0.733. The number of amides is 2. The van der Waals surface area contributed by atoms with Crippen LogP contribution in [0.2, 0.25) is 0 Å². The predicted octanol–water partition coefficient (Wildman–Crippen LogP) is 3.51. The Morgan fingerprint density at radius 2 is 1.83 bits per heavy atom. The normalized spacial score (nSPS) is 14.7. The fourth-order valence-corrected chi connectivity index (χ4v) is 3.54. The third-order valence-corrected chi connectivity index (χ3v) is 4.65. The number of hydrogen-bond acceptors (Lipinski definition) is 3. The van der Waals surface area contributed by atoms with E-state index in [1.807, 2.05) is 0 Å². The summed E-state index contributed by atoms with van der Waals surface area (Å²) in [4.78, 5) is 23.5. The van der Waals surface area contributed by atoms with Crippen LogP contribution < -0.4 is 11.1 Å². The smallest absolute Gasteiger partial charge is 0.256 e. The van der Waals surface area contributed by atoms with Crippen LogP contribution in [0, 0.1) is 0 Å². The van der Waals surface area contributed by atoms with Gasteiger partial charge < -0.3 is 16.2 Å². The highest BCUT2D eigenvalue weighted by Crippen LogP contribution is 2.37. The van der Waals surface area contributed by atoms with E-state index < -0.39 is 5.91 Å². The minimum Gasteiger partial charge on any atom is -0.506 e. The average molecular weight is 438 g/mol. The van der Waals surface area contributed by atoms with Crippen molar-refractivity contribution in [2.45, 2.75) is 0 Å². The summed E-state index contributed by atoms with van der Waals surface area (Å²) in [5.41, 5.74) is 8.01. The van der Waals surface area contributed by atoms with E-state index in [4.69, 9.17) is 5.73 Å². The van der Waals surface area contributed by atoms with Crippen LogP contribution in [0.25, 0.3) is 11.6 Å². The maximum atomic E-state index is 12.2. The molecule has 4 N–H and O–H groups in total. The maximum Gasteiger partial charge on any atom is 0.256 e. The summed E-state index contributed by atoms with van der Waals surface area (Å²) in [6.07, 6.45) is 1.68. The van der Waals surface area contributed by atoms with Crippen LogP contribution in [0.5, 0.6) is 5.75 Å². The summed E-state index contributed by atoms with van der Waals surface area (Å²) in [6.45, 7) is 0. The Bertz CT molecular complexity index is 868. The number of nitrogens with one attached hydrogen (secondary N) is 1. The van der Waals surface area contributed by atoms with Crippen LogP contribution in [-0.2, 0) is 4.79 Å². The van der Waals surface area contributed by atoms with Crippen LogP contribution in [0.1, 0.15) is 21.5 Å². The molecule has 23 heavy (non-hydrogen) atoms. The highest BCUT2D eigenvalue weighted by Gasteiger charge is 2.25. The maximum absolute atomic E-state index is 12.2. The van der Waals surface area contributed by atoms with Crippen molar-refractivity contribution in [3.8, 4) is 5.75 Å². The minimum absolute atomic E-state index is 0.0828. The highest BCUT2D eigenvalue weighted by atomic mass is 79.9. The molecule has 2 aromatic rings. The van der Waals surface area contributed by atoms with Crippen molar-refractivity contribution in [1.82, 2.24) is 0 Å². The Morgan fingerprint density at radius 1 is 1.17 bits per heavy atom. The molecule has 1 aliphatic rings. The molecule has 0 bridgehead atoms. The summed E-state index contributed by atoms with van der Waals surface area (Å²) in [5, 5.41) is 12.5. The van der Waals surface area contributed by atoms with E-state index >= 15 is 0 Å². The molecule has 7 heteroatoms. The van der Waals surface area contributed by atoms with Crippen LogP contribution in [-0.4, -0.2) is 16.9 Å². The highest BCUT2D eigenvalue weighted by molar-refractivity contribution is 9.11. The lowest BCUT2D eigenvalue weighted by Gasteiger charge is -2.04. The number of nitrogens with two attached hydrogens (primary N) is 1. The summed E-state index contributed by atoms with van der Waals surface area (Å²) < 4.78 is 1.01. The molecule has 1 heterocycles. The number of phenolic OH excluding ortho intramolecular Hbond substituents is 1. The molecule has 1 aliphatic heterocycles. The van der Waals surface area contributed by atoms with Crippen molar-refractivity contribution < 1.29 is 14.7 Å². The molecule has 3 rings (SSSR count). The van der Waals surface area contributed by atoms with Crippen molar-refractivity contribution in [2.75, 3.05) is 5.32 Å². The number of anilines is 1. The van der Waals surface area contributed by atoms with Crippen LogP contribution >= 0.6 is 31.9 Å². The zero-order valence-corrected chi connectivity index (χ0v) is 14.7. The molecular formula is C16H10Br2N2O3. The minimum atomic E-state index is -0.554. The molecule has 0 aromatic heterocycles. The Morgan fingerprint density at radius 3 is 2.43 bits per heavy atom. The zero-order chi connectivity index (χ0) is 16.7. The average Bonchev–Trinajstić information content (AvgIpc) is 2.80. The third-order valence-electron chi connectivity index (χ3n) is 3.44. The predicted molar refractivity (Wildman–Crippen MR) is 95.0 cm³/mol. The van der Waals surface area contributed by atoms with Gasteiger partial charge in [-0.3, -0.25) is 9.59 Å². The number of halogens is 2. The van der Waals surface area contributed by atoms with Gasteiger partial charge in [-0.2, -0.15) is 0 Å². The van der Waals surface area contributed by atoms with Gasteiger partial charge in [0.2, 0.25) is 5.91 Å². The second-order valence-electron chi connectivity index (χ2n) is 4.97. The number of phenols is 1. The molecule has 116 valence electrons. The SMILES string of the molecule is NC(=O)c1ccc2c(c1)C(=Cc1cc(Br)c(O)c(Br)c1)C(=O)N2. The van der Waals surface area contributed by atoms with Gasteiger partial charge in [0.05, 0.1) is 8.95 Å². The molecule has 0 atom stereocenters. The first kappa shape index (κ1) is 15.8. The number of carbonyl (C=O) groups is 2.